The summed E-state index contributed by atoms with van der Waals surface area (Å²) in [5.74, 6) is 13.7. The predicted octanol–water partition coefficient (Wildman–Crippen LogP) is 3.58. The molecule has 10 nitrogen and oxygen atoms in total. The van der Waals surface area contributed by atoms with Crippen LogP contribution < -0.4 is 11.7 Å². The van der Waals surface area contributed by atoms with Gasteiger partial charge in [0.1, 0.15) is 0 Å². The maximum Gasteiger partial charge on any atom is 0.210 e. The molecule has 0 saturated heterocycles. The number of Topliss-reactive ketones (excluding diaryl/α,β-unsaturated/α-hetero) is 2. The number of carbonyl (C=O) groups is 2. The van der Waals surface area contributed by atoms with Crippen molar-refractivity contribution in [3.63, 3.8) is 0 Å². The van der Waals surface area contributed by atoms with Crippen LogP contribution in [0.25, 0.3) is 22.8 Å². The van der Waals surface area contributed by atoms with Crippen molar-refractivity contribution in [2.45, 2.75) is 10.3 Å². The van der Waals surface area contributed by atoms with Crippen LogP contribution in [0.2, 0.25) is 0 Å². The summed E-state index contributed by atoms with van der Waals surface area (Å²) >= 11 is 2.41. The van der Waals surface area contributed by atoms with Gasteiger partial charge >= 0.3 is 0 Å². The molecular weight excluding hydrogens is 520 g/mol. The zero-order valence-electron chi connectivity index (χ0n) is 20.0. The third-order valence-corrected chi connectivity index (χ3v) is 7.48. The van der Waals surface area contributed by atoms with Crippen molar-refractivity contribution in [2.24, 2.45) is 0 Å². The molecule has 0 aliphatic rings. The van der Waals surface area contributed by atoms with Crippen molar-refractivity contribution in [3.05, 3.63) is 96.1 Å². The number of thioether (sulfide) groups is 2. The molecule has 2 heterocycles. The van der Waals surface area contributed by atoms with E-state index in [1.807, 2.05) is 60.7 Å². The highest BCUT2D eigenvalue weighted by molar-refractivity contribution is 8.00. The molecule has 0 spiro atoms. The van der Waals surface area contributed by atoms with Gasteiger partial charge in [0, 0.05) is 22.3 Å². The second-order valence-corrected chi connectivity index (χ2v) is 9.94. The first-order valence-corrected chi connectivity index (χ1v) is 13.4. The minimum absolute atomic E-state index is 0.0347. The number of nitrogen functional groups attached to an aromatic ring is 2. The molecule has 0 aliphatic carbocycles. The fraction of sp³-hybridized carbons (Fsp3) is 0.0769. The lowest BCUT2D eigenvalue weighted by molar-refractivity contribution is 0.101. The first kappa shape index (κ1) is 25.2. The number of benzene rings is 3. The van der Waals surface area contributed by atoms with Gasteiger partial charge in [-0.25, -0.2) is 9.35 Å². The summed E-state index contributed by atoms with van der Waals surface area (Å²) in [5, 5.41) is 17.7. The second kappa shape index (κ2) is 11.3. The Bertz CT molecular complexity index is 1470. The third-order valence-electron chi connectivity index (χ3n) is 5.59. The Labute approximate surface area is 226 Å². The zero-order valence-corrected chi connectivity index (χ0v) is 21.6. The first-order valence-electron chi connectivity index (χ1n) is 11.5. The lowest BCUT2D eigenvalue weighted by Crippen LogP contribution is -2.15. The van der Waals surface area contributed by atoms with Gasteiger partial charge in [0.25, 0.3) is 0 Å². The van der Waals surface area contributed by atoms with Crippen molar-refractivity contribution in [1.82, 2.24) is 29.7 Å². The fourth-order valence-electron chi connectivity index (χ4n) is 3.67. The minimum Gasteiger partial charge on any atom is -0.335 e. The van der Waals surface area contributed by atoms with E-state index < -0.39 is 0 Å². The SMILES string of the molecule is Nn1c(SCC(=O)c2ccccc2)nnc1-c1ccccc1-c1nnc(SCC(=O)c2ccccc2)n1N. The molecule has 4 N–H and O–H groups in total. The van der Waals surface area contributed by atoms with Gasteiger partial charge < -0.3 is 11.7 Å². The minimum atomic E-state index is -0.0347. The van der Waals surface area contributed by atoms with Gasteiger partial charge in [0.15, 0.2) is 23.2 Å². The summed E-state index contributed by atoms with van der Waals surface area (Å²) in [6.45, 7) is 0. The van der Waals surface area contributed by atoms with Gasteiger partial charge in [0.2, 0.25) is 10.3 Å². The van der Waals surface area contributed by atoms with Crippen LogP contribution in [0.5, 0.6) is 0 Å². The van der Waals surface area contributed by atoms with Gasteiger partial charge in [-0.1, -0.05) is 108 Å². The Morgan fingerprint density at radius 2 is 0.947 bits per heavy atom. The molecule has 190 valence electrons. The summed E-state index contributed by atoms with van der Waals surface area (Å²) in [4.78, 5) is 25.0. The summed E-state index contributed by atoms with van der Waals surface area (Å²) in [7, 11) is 0. The summed E-state index contributed by atoms with van der Waals surface area (Å²) in [6, 6.07) is 25.4. The molecule has 0 bridgehead atoms. The molecule has 0 saturated carbocycles. The Kier molecular flexibility index (Phi) is 7.52. The van der Waals surface area contributed by atoms with E-state index in [1.54, 1.807) is 24.3 Å². The zero-order chi connectivity index (χ0) is 26.5. The predicted molar refractivity (Wildman–Crippen MR) is 148 cm³/mol. The molecule has 0 atom stereocenters. The number of hydrogen-bond donors (Lipinski definition) is 2. The molecule has 5 aromatic rings. The Balaban J connectivity index is 1.34. The van der Waals surface area contributed by atoms with Crippen LogP contribution in [-0.4, -0.2) is 52.8 Å². The third kappa shape index (κ3) is 5.31. The highest BCUT2D eigenvalue weighted by atomic mass is 32.2. The smallest absolute Gasteiger partial charge is 0.210 e. The number of nitrogens with two attached hydrogens (primary N) is 2. The first-order chi connectivity index (χ1) is 18.5. The average Bonchev–Trinajstić information content (AvgIpc) is 3.52. The maximum atomic E-state index is 12.5. The van der Waals surface area contributed by atoms with Crippen LogP contribution in [0.15, 0.2) is 95.2 Å². The molecule has 38 heavy (non-hydrogen) atoms. The molecule has 0 aliphatic heterocycles. The monoisotopic (exact) mass is 542 g/mol. The normalized spacial score (nSPS) is 10.9. The van der Waals surface area contributed by atoms with Crippen molar-refractivity contribution < 1.29 is 9.59 Å². The molecule has 0 fully saturated rings. The molecule has 5 rings (SSSR count). The lowest BCUT2D eigenvalue weighted by Gasteiger charge is -2.09. The number of aromatic nitrogens is 6. The van der Waals surface area contributed by atoms with E-state index in [0.717, 1.165) is 0 Å². The van der Waals surface area contributed by atoms with Gasteiger partial charge in [-0.15, -0.1) is 20.4 Å². The second-order valence-electron chi connectivity index (χ2n) is 8.05. The molecule has 0 amide bonds. The lowest BCUT2D eigenvalue weighted by atomic mass is 10.1. The number of hydrogen-bond acceptors (Lipinski definition) is 10. The Hall–Kier alpha value is -4.42. The molecule has 0 unspecified atom stereocenters. The Morgan fingerprint density at radius 1 is 0.579 bits per heavy atom. The van der Waals surface area contributed by atoms with E-state index in [9.17, 15) is 9.59 Å². The van der Waals surface area contributed by atoms with Gasteiger partial charge in [-0.2, -0.15) is 0 Å². The topological polar surface area (TPSA) is 148 Å². The van der Waals surface area contributed by atoms with Crippen LogP contribution in [0.3, 0.4) is 0 Å². The fourth-order valence-corrected chi connectivity index (χ4v) is 5.17. The van der Waals surface area contributed by atoms with Crippen LogP contribution in [0.1, 0.15) is 20.7 Å². The van der Waals surface area contributed by atoms with Crippen molar-refractivity contribution in [1.29, 1.82) is 0 Å². The van der Waals surface area contributed by atoms with Gasteiger partial charge in [-0.05, 0) is 0 Å². The van der Waals surface area contributed by atoms with Crippen LogP contribution in [0, 0.1) is 0 Å². The molecule has 2 aromatic heterocycles. The largest absolute Gasteiger partial charge is 0.335 e. The van der Waals surface area contributed by atoms with E-state index in [1.165, 1.54) is 32.9 Å². The summed E-state index contributed by atoms with van der Waals surface area (Å²) in [5.41, 5.74) is 2.52. The standard InChI is InChI=1S/C26H22N8O2S2/c27-33-23(29-31-25(33)37-15-21(35)17-9-3-1-4-10-17)19-13-7-8-14-20(19)24-30-32-26(34(24)28)38-16-22(36)18-11-5-2-6-12-18/h1-14H,15-16,27-28H2. The van der Waals surface area contributed by atoms with Crippen molar-refractivity contribution in [2.75, 3.05) is 23.2 Å². The van der Waals surface area contributed by atoms with Crippen molar-refractivity contribution in [3.8, 4) is 22.8 Å². The van der Waals surface area contributed by atoms with E-state index in [4.69, 9.17) is 11.7 Å². The molecular formula is C26H22N8O2S2. The Morgan fingerprint density at radius 3 is 1.34 bits per heavy atom. The van der Waals surface area contributed by atoms with Crippen LogP contribution in [0.4, 0.5) is 0 Å². The summed E-state index contributed by atoms with van der Waals surface area (Å²) < 4.78 is 2.68. The van der Waals surface area contributed by atoms with Gasteiger partial charge in [0.05, 0.1) is 11.5 Å². The highest BCUT2D eigenvalue weighted by Crippen LogP contribution is 2.32. The quantitative estimate of drug-likeness (QED) is 0.152. The summed E-state index contributed by atoms with van der Waals surface area (Å²) in [6.07, 6.45) is 0. The van der Waals surface area contributed by atoms with Crippen LogP contribution >= 0.6 is 23.5 Å². The highest BCUT2D eigenvalue weighted by Gasteiger charge is 2.21. The average molecular weight is 543 g/mol. The van der Waals surface area contributed by atoms with E-state index in [2.05, 4.69) is 20.4 Å². The number of rotatable bonds is 10. The van der Waals surface area contributed by atoms with E-state index in [0.29, 0.717) is 44.2 Å². The maximum absolute atomic E-state index is 12.5. The number of ketones is 2. The van der Waals surface area contributed by atoms with Crippen LogP contribution in [-0.2, 0) is 0 Å². The van der Waals surface area contributed by atoms with Crippen molar-refractivity contribution >= 4 is 35.1 Å². The van der Waals surface area contributed by atoms with E-state index in [-0.39, 0.29) is 23.1 Å². The number of carbonyl (C=O) groups excluding carboxylic acids is 2. The molecule has 3 aromatic carbocycles. The molecule has 12 heteroatoms. The number of nitrogens with zero attached hydrogens (tertiary/aromatic N) is 6. The molecule has 0 radical (unpaired) electrons. The van der Waals surface area contributed by atoms with Gasteiger partial charge in [-0.3, -0.25) is 9.59 Å². The van der Waals surface area contributed by atoms with E-state index >= 15 is 0 Å².